The minimum atomic E-state index is 0.592. The van der Waals surface area contributed by atoms with Crippen molar-refractivity contribution in [1.82, 2.24) is 9.97 Å². The minimum Gasteiger partial charge on any atom is -0.367 e. The third-order valence-electron chi connectivity index (χ3n) is 4.31. The summed E-state index contributed by atoms with van der Waals surface area (Å²) in [6, 6.07) is 2.49. The van der Waals surface area contributed by atoms with E-state index in [-0.39, 0.29) is 0 Å². The average Bonchev–Trinajstić information content (AvgIpc) is 3.00. The van der Waals surface area contributed by atoms with Gasteiger partial charge in [-0.3, -0.25) is 0 Å². The van der Waals surface area contributed by atoms with Crippen molar-refractivity contribution in [2.75, 3.05) is 10.7 Å². The van der Waals surface area contributed by atoms with Gasteiger partial charge in [-0.15, -0.1) is 0 Å². The number of nitrogens with zero attached hydrogens (tertiary/aromatic N) is 2. The van der Waals surface area contributed by atoms with Gasteiger partial charge in [0.15, 0.2) is 0 Å². The molecule has 98 valence electrons. The molecule has 4 N–H and O–H groups in total. The highest BCUT2D eigenvalue weighted by Crippen LogP contribution is 2.45. The Bertz CT molecular complexity index is 411. The van der Waals surface area contributed by atoms with E-state index in [1.54, 1.807) is 0 Å². The van der Waals surface area contributed by atoms with Crippen LogP contribution in [0.4, 0.5) is 11.6 Å². The predicted octanol–water partition coefficient (Wildman–Crippen LogP) is 1.93. The van der Waals surface area contributed by atoms with E-state index in [2.05, 4.69) is 27.6 Å². The van der Waals surface area contributed by atoms with Crippen LogP contribution in [0.25, 0.3) is 0 Å². The Hall–Kier alpha value is -1.36. The van der Waals surface area contributed by atoms with Gasteiger partial charge < -0.3 is 10.7 Å². The van der Waals surface area contributed by atoms with Crippen LogP contribution in [-0.2, 0) is 6.42 Å². The first-order valence-corrected chi connectivity index (χ1v) is 6.89. The van der Waals surface area contributed by atoms with Crippen LogP contribution in [0.2, 0.25) is 0 Å². The van der Waals surface area contributed by atoms with E-state index < -0.39 is 0 Å². The molecule has 3 atom stereocenters. The van der Waals surface area contributed by atoms with Gasteiger partial charge in [0.2, 0.25) is 0 Å². The van der Waals surface area contributed by atoms with Crippen LogP contribution >= 0.6 is 0 Å². The third-order valence-corrected chi connectivity index (χ3v) is 4.31. The zero-order valence-corrected chi connectivity index (χ0v) is 10.8. The molecule has 2 bridgehead atoms. The molecule has 2 aliphatic carbocycles. The SMILES string of the molecule is CCc1nc(NN)cc(NC2CC3CCC2C3)n1. The highest BCUT2D eigenvalue weighted by molar-refractivity contribution is 5.47. The quantitative estimate of drug-likeness (QED) is 0.560. The number of fused-ring (bicyclic) bond motifs is 2. The highest BCUT2D eigenvalue weighted by atomic mass is 15.3. The van der Waals surface area contributed by atoms with Gasteiger partial charge >= 0.3 is 0 Å². The van der Waals surface area contributed by atoms with Crippen LogP contribution in [-0.4, -0.2) is 16.0 Å². The Morgan fingerprint density at radius 2 is 2.11 bits per heavy atom. The molecular weight excluding hydrogens is 226 g/mol. The van der Waals surface area contributed by atoms with E-state index in [0.717, 1.165) is 29.9 Å². The number of nitrogens with two attached hydrogens (primary N) is 1. The molecule has 0 saturated heterocycles. The van der Waals surface area contributed by atoms with E-state index in [0.29, 0.717) is 11.9 Å². The lowest BCUT2D eigenvalue weighted by Crippen LogP contribution is -2.26. The van der Waals surface area contributed by atoms with E-state index in [9.17, 15) is 0 Å². The maximum absolute atomic E-state index is 5.44. The van der Waals surface area contributed by atoms with Crippen molar-refractivity contribution in [1.29, 1.82) is 0 Å². The summed E-state index contributed by atoms with van der Waals surface area (Å²) in [7, 11) is 0. The van der Waals surface area contributed by atoms with Crippen LogP contribution in [0, 0.1) is 11.8 Å². The van der Waals surface area contributed by atoms with Crippen molar-refractivity contribution < 1.29 is 0 Å². The largest absolute Gasteiger partial charge is 0.367 e. The van der Waals surface area contributed by atoms with Crippen molar-refractivity contribution >= 4 is 11.6 Å². The second-order valence-electron chi connectivity index (χ2n) is 5.48. The Kier molecular flexibility index (Phi) is 3.07. The molecule has 0 aliphatic heterocycles. The first-order chi connectivity index (χ1) is 8.78. The first-order valence-electron chi connectivity index (χ1n) is 6.89. The lowest BCUT2D eigenvalue weighted by atomic mass is 9.95. The summed E-state index contributed by atoms with van der Waals surface area (Å²) in [5.41, 5.74) is 2.61. The Morgan fingerprint density at radius 3 is 2.72 bits per heavy atom. The smallest absolute Gasteiger partial charge is 0.145 e. The van der Waals surface area contributed by atoms with Gasteiger partial charge in [-0.2, -0.15) is 0 Å². The molecule has 2 fully saturated rings. The molecule has 1 aromatic heterocycles. The Morgan fingerprint density at radius 1 is 1.28 bits per heavy atom. The van der Waals surface area contributed by atoms with Crippen LogP contribution in [0.3, 0.4) is 0 Å². The number of hydrazine groups is 1. The topological polar surface area (TPSA) is 75.9 Å². The molecule has 18 heavy (non-hydrogen) atoms. The number of anilines is 2. The lowest BCUT2D eigenvalue weighted by Gasteiger charge is -2.23. The molecule has 1 aromatic rings. The summed E-state index contributed by atoms with van der Waals surface area (Å²) < 4.78 is 0. The van der Waals surface area contributed by atoms with Gasteiger partial charge in [-0.05, 0) is 31.1 Å². The zero-order valence-electron chi connectivity index (χ0n) is 10.8. The Balaban J connectivity index is 1.75. The molecule has 0 amide bonds. The summed E-state index contributed by atoms with van der Waals surface area (Å²) in [5, 5.41) is 3.58. The van der Waals surface area contributed by atoms with E-state index >= 15 is 0 Å². The monoisotopic (exact) mass is 247 g/mol. The number of rotatable bonds is 4. The average molecular weight is 247 g/mol. The molecule has 0 aromatic carbocycles. The standard InChI is InChI=1S/C13H21N5/c1-2-11-16-12(7-13(17-11)18-14)15-10-6-8-3-4-9(10)5-8/h7-10H,2-6,14H2,1H3,(H2,15,16,17,18). The maximum Gasteiger partial charge on any atom is 0.145 e. The molecule has 3 rings (SSSR count). The highest BCUT2D eigenvalue weighted by Gasteiger charge is 2.39. The van der Waals surface area contributed by atoms with Gasteiger partial charge in [-0.25, -0.2) is 15.8 Å². The second-order valence-corrected chi connectivity index (χ2v) is 5.48. The summed E-state index contributed by atoms with van der Waals surface area (Å²) in [4.78, 5) is 8.83. The van der Waals surface area contributed by atoms with Crippen molar-refractivity contribution in [3.05, 3.63) is 11.9 Å². The number of nitrogen functional groups attached to an aromatic ring is 1. The molecule has 3 unspecified atom stereocenters. The number of hydrogen-bond donors (Lipinski definition) is 3. The van der Waals surface area contributed by atoms with Gasteiger partial charge in [0.05, 0.1) is 0 Å². The van der Waals surface area contributed by atoms with Crippen LogP contribution in [0.15, 0.2) is 6.07 Å². The molecule has 1 heterocycles. The minimum absolute atomic E-state index is 0.592. The van der Waals surface area contributed by atoms with Gasteiger partial charge in [0.1, 0.15) is 17.5 Å². The number of aryl methyl sites for hydroxylation is 1. The summed E-state index contributed by atoms with van der Waals surface area (Å²) in [6.07, 6.45) is 6.30. The van der Waals surface area contributed by atoms with Gasteiger partial charge in [0.25, 0.3) is 0 Å². The summed E-state index contributed by atoms with van der Waals surface area (Å²) >= 11 is 0. The number of hydrogen-bond acceptors (Lipinski definition) is 5. The van der Waals surface area contributed by atoms with Crippen molar-refractivity contribution in [3.8, 4) is 0 Å². The maximum atomic E-state index is 5.44. The lowest BCUT2D eigenvalue weighted by molar-refractivity contribution is 0.439. The third kappa shape index (κ3) is 2.14. The van der Waals surface area contributed by atoms with E-state index in [4.69, 9.17) is 5.84 Å². The molecule has 0 spiro atoms. The fourth-order valence-corrected chi connectivity index (χ4v) is 3.41. The van der Waals surface area contributed by atoms with Gasteiger partial charge in [-0.1, -0.05) is 13.3 Å². The fraction of sp³-hybridized carbons (Fsp3) is 0.692. The Labute approximate surface area is 108 Å². The van der Waals surface area contributed by atoms with Crippen LogP contribution < -0.4 is 16.6 Å². The van der Waals surface area contributed by atoms with Crippen molar-refractivity contribution in [2.24, 2.45) is 17.7 Å². The van der Waals surface area contributed by atoms with Crippen molar-refractivity contribution in [3.63, 3.8) is 0 Å². The molecular formula is C13H21N5. The van der Waals surface area contributed by atoms with Crippen molar-refractivity contribution in [2.45, 2.75) is 45.1 Å². The number of nitrogens with one attached hydrogen (secondary N) is 2. The van der Waals surface area contributed by atoms with E-state index in [1.165, 1.54) is 25.7 Å². The van der Waals surface area contributed by atoms with Crippen LogP contribution in [0.5, 0.6) is 0 Å². The predicted molar refractivity (Wildman–Crippen MR) is 72.1 cm³/mol. The molecule has 5 heteroatoms. The second kappa shape index (κ2) is 4.72. The summed E-state index contributed by atoms with van der Waals surface area (Å²) in [5.74, 6) is 9.64. The molecule has 2 saturated carbocycles. The molecule has 0 radical (unpaired) electrons. The van der Waals surface area contributed by atoms with Gasteiger partial charge in [0, 0.05) is 18.5 Å². The zero-order chi connectivity index (χ0) is 12.5. The fourth-order valence-electron chi connectivity index (χ4n) is 3.41. The first kappa shape index (κ1) is 11.7. The van der Waals surface area contributed by atoms with Crippen LogP contribution in [0.1, 0.15) is 38.4 Å². The van der Waals surface area contributed by atoms with E-state index in [1.807, 2.05) is 6.07 Å². The molecule has 2 aliphatic rings. The number of aromatic nitrogens is 2. The summed E-state index contributed by atoms with van der Waals surface area (Å²) in [6.45, 7) is 2.05. The molecule has 5 nitrogen and oxygen atoms in total. The normalized spacial score (nSPS) is 29.6.